The molecule has 0 saturated heterocycles. The van der Waals surface area contributed by atoms with Gasteiger partial charge in [0, 0.05) is 30.9 Å². The SMILES string of the molecule is Cn1cc(C(=O)NNC(=O)c2cccc([N+](=O)[O-])c2)cn1. The third-order valence-electron chi connectivity index (χ3n) is 2.58. The Labute approximate surface area is 118 Å². The molecule has 9 heteroatoms. The molecule has 0 bridgehead atoms. The van der Waals surface area contributed by atoms with Gasteiger partial charge in [-0.25, -0.2) is 0 Å². The Bertz CT molecular complexity index is 709. The van der Waals surface area contributed by atoms with E-state index in [2.05, 4.69) is 16.0 Å². The van der Waals surface area contributed by atoms with E-state index in [1.54, 1.807) is 7.05 Å². The molecule has 0 saturated carbocycles. The highest BCUT2D eigenvalue weighted by atomic mass is 16.6. The third kappa shape index (κ3) is 3.41. The van der Waals surface area contributed by atoms with Crippen molar-refractivity contribution in [2.45, 2.75) is 0 Å². The van der Waals surface area contributed by atoms with Gasteiger partial charge < -0.3 is 0 Å². The van der Waals surface area contributed by atoms with Gasteiger partial charge in [-0.05, 0) is 6.07 Å². The molecule has 2 N–H and O–H groups in total. The maximum absolute atomic E-state index is 11.8. The van der Waals surface area contributed by atoms with Crippen LogP contribution in [0.3, 0.4) is 0 Å². The highest BCUT2D eigenvalue weighted by Crippen LogP contribution is 2.12. The van der Waals surface area contributed by atoms with Gasteiger partial charge >= 0.3 is 0 Å². The van der Waals surface area contributed by atoms with Gasteiger partial charge in [0.25, 0.3) is 17.5 Å². The molecule has 0 radical (unpaired) electrons. The summed E-state index contributed by atoms with van der Waals surface area (Å²) >= 11 is 0. The van der Waals surface area contributed by atoms with Crippen LogP contribution in [0.2, 0.25) is 0 Å². The number of hydrogen-bond donors (Lipinski definition) is 2. The summed E-state index contributed by atoms with van der Waals surface area (Å²) in [5, 5.41) is 14.4. The largest absolute Gasteiger partial charge is 0.275 e. The number of aryl methyl sites for hydroxylation is 1. The molecule has 21 heavy (non-hydrogen) atoms. The number of nitrogens with zero attached hydrogens (tertiary/aromatic N) is 3. The molecule has 0 atom stereocenters. The van der Waals surface area contributed by atoms with Gasteiger partial charge in [0.2, 0.25) is 0 Å². The summed E-state index contributed by atoms with van der Waals surface area (Å²) in [7, 11) is 1.65. The van der Waals surface area contributed by atoms with Gasteiger partial charge in [0.15, 0.2) is 0 Å². The number of non-ortho nitro benzene ring substituents is 1. The molecular weight excluding hydrogens is 278 g/mol. The fraction of sp³-hybridized carbons (Fsp3) is 0.0833. The van der Waals surface area contributed by atoms with Crippen molar-refractivity contribution in [3.8, 4) is 0 Å². The van der Waals surface area contributed by atoms with Crippen molar-refractivity contribution in [1.82, 2.24) is 20.6 Å². The first-order valence-electron chi connectivity index (χ1n) is 5.81. The zero-order valence-corrected chi connectivity index (χ0v) is 10.9. The molecule has 0 fully saturated rings. The van der Waals surface area contributed by atoms with Gasteiger partial charge in [-0.2, -0.15) is 5.10 Å². The first-order chi connectivity index (χ1) is 9.97. The van der Waals surface area contributed by atoms with Crippen molar-refractivity contribution in [1.29, 1.82) is 0 Å². The van der Waals surface area contributed by atoms with Crippen LogP contribution in [0.5, 0.6) is 0 Å². The average Bonchev–Trinajstić information content (AvgIpc) is 2.91. The molecule has 2 amide bonds. The van der Waals surface area contributed by atoms with E-state index in [9.17, 15) is 19.7 Å². The lowest BCUT2D eigenvalue weighted by Gasteiger charge is -2.06. The summed E-state index contributed by atoms with van der Waals surface area (Å²) in [5.41, 5.74) is 4.51. The number of hydrazine groups is 1. The number of carbonyl (C=O) groups excluding carboxylic acids is 2. The molecule has 2 rings (SSSR count). The van der Waals surface area contributed by atoms with Crippen LogP contribution in [0.1, 0.15) is 20.7 Å². The summed E-state index contributed by atoms with van der Waals surface area (Å²) in [6, 6.07) is 5.17. The molecule has 0 spiro atoms. The van der Waals surface area contributed by atoms with Crippen LogP contribution in [0.25, 0.3) is 0 Å². The molecule has 1 aromatic carbocycles. The van der Waals surface area contributed by atoms with Crippen molar-refractivity contribution in [2.24, 2.45) is 7.05 Å². The predicted molar refractivity (Wildman–Crippen MR) is 71.2 cm³/mol. The minimum atomic E-state index is -0.657. The zero-order valence-electron chi connectivity index (χ0n) is 10.9. The molecule has 1 aromatic heterocycles. The van der Waals surface area contributed by atoms with Gasteiger partial charge in [0.05, 0.1) is 16.7 Å². The van der Waals surface area contributed by atoms with Gasteiger partial charge in [-0.15, -0.1) is 0 Å². The van der Waals surface area contributed by atoms with E-state index in [-0.39, 0.29) is 16.8 Å². The zero-order chi connectivity index (χ0) is 15.4. The summed E-state index contributed by atoms with van der Waals surface area (Å²) in [6.07, 6.45) is 2.82. The number of hydrogen-bond acceptors (Lipinski definition) is 5. The maximum Gasteiger partial charge on any atom is 0.272 e. The Kier molecular flexibility index (Phi) is 3.93. The highest BCUT2D eigenvalue weighted by Gasteiger charge is 2.13. The van der Waals surface area contributed by atoms with Crippen LogP contribution < -0.4 is 10.9 Å². The van der Waals surface area contributed by atoms with Crippen LogP contribution in [0, 0.1) is 10.1 Å². The monoisotopic (exact) mass is 289 g/mol. The van der Waals surface area contributed by atoms with Crippen molar-refractivity contribution in [3.05, 3.63) is 57.9 Å². The van der Waals surface area contributed by atoms with Crippen LogP contribution in [-0.2, 0) is 7.05 Å². The molecule has 108 valence electrons. The fourth-order valence-corrected chi connectivity index (χ4v) is 1.56. The molecule has 9 nitrogen and oxygen atoms in total. The normalized spacial score (nSPS) is 9.95. The molecule has 0 aliphatic carbocycles. The quantitative estimate of drug-likeness (QED) is 0.626. The Hall–Kier alpha value is -3.23. The lowest BCUT2D eigenvalue weighted by atomic mass is 10.2. The van der Waals surface area contributed by atoms with E-state index in [4.69, 9.17) is 0 Å². The Morgan fingerprint density at radius 2 is 1.90 bits per heavy atom. The topological polar surface area (TPSA) is 119 Å². The van der Waals surface area contributed by atoms with Crippen LogP contribution in [0.15, 0.2) is 36.7 Å². The van der Waals surface area contributed by atoms with Gasteiger partial charge in [0.1, 0.15) is 0 Å². The summed E-state index contributed by atoms with van der Waals surface area (Å²) in [4.78, 5) is 33.5. The van der Waals surface area contributed by atoms with Crippen LogP contribution in [0.4, 0.5) is 5.69 Å². The van der Waals surface area contributed by atoms with Crippen LogP contribution in [-0.4, -0.2) is 26.5 Å². The smallest absolute Gasteiger partial charge is 0.272 e. The molecule has 0 unspecified atom stereocenters. The fourth-order valence-electron chi connectivity index (χ4n) is 1.56. The number of rotatable bonds is 3. The molecular formula is C12H11N5O4. The minimum absolute atomic E-state index is 0.0655. The van der Waals surface area contributed by atoms with E-state index in [0.717, 1.165) is 6.07 Å². The number of nitro benzene ring substituents is 1. The third-order valence-corrected chi connectivity index (χ3v) is 2.58. The van der Waals surface area contributed by atoms with Crippen molar-refractivity contribution >= 4 is 17.5 Å². The minimum Gasteiger partial charge on any atom is -0.275 e. The molecule has 0 aliphatic heterocycles. The van der Waals surface area contributed by atoms with E-state index in [1.807, 2.05) is 0 Å². The molecule has 0 aliphatic rings. The number of nitro groups is 1. The Balaban J connectivity index is 2.00. The van der Waals surface area contributed by atoms with Crippen LogP contribution >= 0.6 is 0 Å². The van der Waals surface area contributed by atoms with E-state index in [1.165, 1.54) is 35.3 Å². The second-order valence-corrected chi connectivity index (χ2v) is 4.12. The lowest BCUT2D eigenvalue weighted by Crippen LogP contribution is -2.41. The molecule has 1 heterocycles. The summed E-state index contributed by atoms with van der Waals surface area (Å²) in [6.45, 7) is 0. The van der Waals surface area contributed by atoms with Gasteiger partial charge in [-0.3, -0.25) is 35.2 Å². The highest BCUT2D eigenvalue weighted by molar-refractivity contribution is 5.99. The first kappa shape index (κ1) is 14.2. The van der Waals surface area contributed by atoms with Crippen molar-refractivity contribution < 1.29 is 14.5 Å². The number of amides is 2. The summed E-state index contributed by atoms with van der Waals surface area (Å²) in [5.74, 6) is -1.20. The van der Waals surface area contributed by atoms with E-state index in [0.29, 0.717) is 0 Å². The Morgan fingerprint density at radius 1 is 1.24 bits per heavy atom. The number of carbonyl (C=O) groups is 2. The van der Waals surface area contributed by atoms with Gasteiger partial charge in [-0.1, -0.05) is 6.07 Å². The Morgan fingerprint density at radius 3 is 2.48 bits per heavy atom. The first-order valence-corrected chi connectivity index (χ1v) is 5.81. The van der Waals surface area contributed by atoms with Crippen molar-refractivity contribution in [2.75, 3.05) is 0 Å². The number of nitrogens with one attached hydrogen (secondary N) is 2. The predicted octanol–water partition coefficient (Wildman–Crippen LogP) is 0.403. The van der Waals surface area contributed by atoms with Crippen molar-refractivity contribution in [3.63, 3.8) is 0 Å². The maximum atomic E-state index is 11.8. The number of benzene rings is 1. The second kappa shape index (κ2) is 5.82. The standard InChI is InChI=1S/C12H11N5O4/c1-16-7-9(6-13-16)12(19)15-14-11(18)8-3-2-4-10(5-8)17(20)21/h2-7H,1H3,(H,14,18)(H,15,19). The van der Waals surface area contributed by atoms with E-state index < -0.39 is 16.7 Å². The second-order valence-electron chi connectivity index (χ2n) is 4.12. The summed E-state index contributed by atoms with van der Waals surface area (Å²) < 4.78 is 1.44. The lowest BCUT2D eigenvalue weighted by molar-refractivity contribution is -0.384. The average molecular weight is 289 g/mol. The molecule has 2 aromatic rings. The van der Waals surface area contributed by atoms with E-state index >= 15 is 0 Å². The number of aromatic nitrogens is 2.